The third kappa shape index (κ3) is 38.7. The first-order valence-electron chi connectivity index (χ1n) is 44.2. The van der Waals surface area contributed by atoms with Crippen molar-refractivity contribution in [2.75, 3.05) is 238 Å². The molecule has 0 radical (unpaired) electrons. The number of nitrogens with two attached hydrogens (primary N) is 4. The second-order valence-corrected chi connectivity index (χ2v) is 38.3. The summed E-state index contributed by atoms with van der Waals surface area (Å²) in [6, 6.07) is 19.2. The minimum Gasteiger partial charge on any atom is -0.368 e. The lowest BCUT2D eigenvalue weighted by atomic mass is 10.2. The normalized spacial score (nSPS) is 10.4. The molecule has 0 aliphatic rings. The fourth-order valence-corrected chi connectivity index (χ4v) is 18.2. The molecule has 18 heterocycles. The van der Waals surface area contributed by atoms with Gasteiger partial charge in [0.15, 0.2) is 0 Å². The number of nitrogens with zero attached hydrogens (tertiary/aromatic N) is 27. The summed E-state index contributed by atoms with van der Waals surface area (Å²) in [6.07, 6.45) is 8.99. The molecule has 0 bridgehead atoms. The monoisotopic (exact) mass is 2080 g/mol. The minimum absolute atomic E-state index is 0.336. The molecule has 18 aromatic rings. The molecule has 45 nitrogen and oxygen atoms in total. The van der Waals surface area contributed by atoms with Gasteiger partial charge >= 0.3 is 0 Å². The summed E-state index contributed by atoms with van der Waals surface area (Å²) < 4.78 is 3.68. The van der Waals surface area contributed by atoms with Crippen LogP contribution in [-0.4, -0.2) is 279 Å². The van der Waals surface area contributed by atoms with Crippen LogP contribution in [0.4, 0.5) is 107 Å². The SMILES string of the molecule is CN(C)c1n[nH]c(N(C)CCc2ccsc2)n1.CN(C)c1n[nH]c(NCCc2ccsc2)n1.CN(C)c1nnc(NCCc2ccsc2)n1C.CN(CCc1ccsc1)c1n[nH]c(N)n1.CN(CCc1ccsc1)c1n[nH]c(N)n1.CNc1n[nH]c(NCCc2ccsc2)n1.CNc1nc(N(C)CCc2ccsc2)n[nH]1.Cn1c(N)nnc1NCCc1ccsc1.Nc1nc(NCCc2ccsc2)n[nH]1. The first-order valence-corrected chi connectivity index (χ1v) is 52.7. The molecule has 22 N–H and O–H groups in total. The summed E-state index contributed by atoms with van der Waals surface area (Å²) in [5, 5.41) is 123. The van der Waals surface area contributed by atoms with Crippen LogP contribution in [0.5, 0.6) is 0 Å². The Morgan fingerprint density at radius 1 is 0.286 bits per heavy atom. The molecule has 140 heavy (non-hydrogen) atoms. The summed E-state index contributed by atoms with van der Waals surface area (Å²) in [5.74, 6) is 11.3. The molecule has 750 valence electrons. The zero-order chi connectivity index (χ0) is 99.6. The Hall–Kier alpha value is -14.0. The lowest BCUT2D eigenvalue weighted by Crippen LogP contribution is -2.21. The van der Waals surface area contributed by atoms with Gasteiger partial charge in [-0.25, -0.2) is 35.7 Å². The molecule has 0 saturated heterocycles. The standard InChI is InChI=1S/2C11H17N5S.2C10H15N5S.4C9H13N5S.C8H11N5S/c1-15(2)10-12-11(14-13-10)16(3)6-4-9-5-7-17-8-9;1-15(2)11-14-13-10(16(11)3)12-6-4-9-5-7-17-8-9;1-15(2)10-12-9(13-14-10)11-5-3-8-4-6-16-7-8;1-11-9-12-10(14-13-9)15(2)5-3-8-4-6-16-7-8;2*1-14(9-11-8(10)12-13-9)4-2-7-3-5-15-6-7;1-14-8(10)12-13-9(14)11-4-2-7-3-5-15-6-7;1-10-8-12-9(14-13-8)11-4-2-7-3-5-15-6-7;9-7-11-8(13-12-7)10-3-1-6-2-4-14-5-6/h5,7-8H,4,6H2,1-3H3,(H,12,13,14);5,7-8H,4,6H2,1-3H3,(H,12,13);2*4,6-7H,3,5H2,1-2H3,(H2,11,12,13,14);2*3,5-6H,2,4H2,1H3,(H3,10,11,12,13);3,5-6H,2,4H2,1H3,(H2,10,12)(H,11,13);3,5-6H,2,4H2,1H3,(H3,10,11,12,13,14);2,4-5H,1,3H2,(H4,9,10,11,12,13). The van der Waals surface area contributed by atoms with Gasteiger partial charge in [-0.1, -0.05) is 0 Å². The zero-order valence-corrected chi connectivity index (χ0v) is 88.2. The van der Waals surface area contributed by atoms with E-state index in [1.54, 1.807) is 114 Å². The maximum absolute atomic E-state index is 5.56. The fourth-order valence-electron chi connectivity index (χ4n) is 11.8. The van der Waals surface area contributed by atoms with Crippen molar-refractivity contribution in [2.24, 2.45) is 14.1 Å². The summed E-state index contributed by atoms with van der Waals surface area (Å²) in [7, 11) is 26.9. The summed E-state index contributed by atoms with van der Waals surface area (Å²) >= 11 is 15.5. The molecule has 0 atom stereocenters. The summed E-state index contributed by atoms with van der Waals surface area (Å²) in [4.78, 5) is 42.9. The lowest BCUT2D eigenvalue weighted by Gasteiger charge is -2.14. The number of hydrogen-bond donors (Lipinski definition) is 18. The number of nitrogen functional groups attached to an aromatic ring is 4. The molecule has 0 saturated carbocycles. The number of likely N-dealkylation sites (N-methyl/N-ethyl adjacent to an activating group) is 4. The number of aromatic amines is 7. The van der Waals surface area contributed by atoms with E-state index in [1.165, 1.54) is 50.1 Å². The smallest absolute Gasteiger partial charge is 0.246 e. The van der Waals surface area contributed by atoms with Crippen LogP contribution in [0.3, 0.4) is 0 Å². The second kappa shape index (κ2) is 59.3. The molecular formula is C86H127N45S9. The number of hydrogen-bond acceptors (Lipinski definition) is 45. The van der Waals surface area contributed by atoms with Crippen molar-refractivity contribution in [2.45, 2.75) is 57.8 Å². The molecule has 0 aliphatic heterocycles. The van der Waals surface area contributed by atoms with Gasteiger partial charge in [0.05, 0.1) is 0 Å². The van der Waals surface area contributed by atoms with Gasteiger partial charge in [0, 0.05) is 158 Å². The second-order valence-electron chi connectivity index (χ2n) is 31.3. The molecule has 0 amide bonds. The highest BCUT2D eigenvalue weighted by Gasteiger charge is 2.16. The Morgan fingerprint density at radius 2 is 0.600 bits per heavy atom. The van der Waals surface area contributed by atoms with E-state index in [4.69, 9.17) is 22.9 Å². The van der Waals surface area contributed by atoms with Gasteiger partial charge < -0.3 is 94.5 Å². The Morgan fingerprint density at radius 3 is 0.921 bits per heavy atom. The van der Waals surface area contributed by atoms with Crippen LogP contribution in [0, 0.1) is 0 Å². The number of aromatic nitrogens is 27. The maximum Gasteiger partial charge on any atom is 0.246 e. The summed E-state index contributed by atoms with van der Waals surface area (Å²) in [5.41, 5.74) is 34.0. The highest BCUT2D eigenvalue weighted by Crippen LogP contribution is 2.21. The Bertz CT molecular complexity index is 6020. The fraction of sp³-hybridized carbons (Fsp3) is 0.372. The van der Waals surface area contributed by atoms with Crippen LogP contribution < -0.4 is 94.5 Å². The average Bonchev–Trinajstić information content (AvgIpc) is 1.70. The van der Waals surface area contributed by atoms with E-state index in [0.29, 0.717) is 77.3 Å². The van der Waals surface area contributed by atoms with Gasteiger partial charge in [0.2, 0.25) is 107 Å². The van der Waals surface area contributed by atoms with E-state index in [1.807, 2.05) is 126 Å². The molecule has 54 heteroatoms. The van der Waals surface area contributed by atoms with E-state index in [2.05, 4.69) is 320 Å². The first-order chi connectivity index (χ1) is 67.9. The zero-order valence-electron chi connectivity index (χ0n) is 80.9. The van der Waals surface area contributed by atoms with Gasteiger partial charge in [-0.2, -0.15) is 137 Å². The van der Waals surface area contributed by atoms with Gasteiger partial charge in [0.1, 0.15) is 0 Å². The highest BCUT2D eigenvalue weighted by atomic mass is 32.1. The van der Waals surface area contributed by atoms with Crippen LogP contribution in [-0.2, 0) is 71.9 Å². The van der Waals surface area contributed by atoms with Gasteiger partial charge in [0.25, 0.3) is 0 Å². The van der Waals surface area contributed by atoms with Crippen molar-refractivity contribution < 1.29 is 0 Å². The van der Waals surface area contributed by atoms with E-state index in [-0.39, 0.29) is 0 Å². The topological polar surface area (TPSA) is 563 Å². The number of thiophene rings is 9. The van der Waals surface area contributed by atoms with E-state index in [9.17, 15) is 0 Å². The molecule has 0 spiro atoms. The predicted molar refractivity (Wildman–Crippen MR) is 584 cm³/mol. The maximum atomic E-state index is 5.56. The summed E-state index contributed by atoms with van der Waals surface area (Å²) in [6.45, 7) is 7.85. The van der Waals surface area contributed by atoms with Crippen molar-refractivity contribution in [3.63, 3.8) is 0 Å². The quantitative estimate of drug-likeness (QED) is 0.0169. The predicted octanol–water partition coefficient (Wildman–Crippen LogP) is 12.4. The van der Waals surface area contributed by atoms with Crippen molar-refractivity contribution in [3.8, 4) is 0 Å². The van der Waals surface area contributed by atoms with Crippen LogP contribution in [0.2, 0.25) is 0 Å². The lowest BCUT2D eigenvalue weighted by molar-refractivity contribution is 0.843. The number of anilines is 18. The molecule has 0 aromatic carbocycles. The molecular weight excluding hydrogens is 1950 g/mol. The van der Waals surface area contributed by atoms with Crippen LogP contribution >= 0.6 is 102 Å². The van der Waals surface area contributed by atoms with Gasteiger partial charge in [-0.15, -0.1) is 56.1 Å². The molecule has 0 fully saturated rings. The van der Waals surface area contributed by atoms with E-state index >= 15 is 0 Å². The largest absolute Gasteiger partial charge is 0.368 e. The first kappa shape index (κ1) is 108. The molecule has 0 unspecified atom stereocenters. The average molecular weight is 2080 g/mol. The molecule has 0 aliphatic carbocycles. The minimum atomic E-state index is 0.336. The molecule has 18 rings (SSSR count). The number of H-pyrrole nitrogens is 7. The van der Waals surface area contributed by atoms with E-state index in [0.717, 1.165) is 146 Å². The Kier molecular flexibility index (Phi) is 45.7. The number of rotatable bonds is 41. The Balaban J connectivity index is 0.000000162. The van der Waals surface area contributed by atoms with Crippen molar-refractivity contribution in [3.05, 3.63) is 202 Å². The van der Waals surface area contributed by atoms with Gasteiger partial charge in [-0.3, -0.25) is 9.13 Å². The van der Waals surface area contributed by atoms with Crippen molar-refractivity contribution >= 4 is 209 Å². The highest BCUT2D eigenvalue weighted by molar-refractivity contribution is 7.10. The van der Waals surface area contributed by atoms with Crippen LogP contribution in [0.15, 0.2) is 151 Å². The van der Waals surface area contributed by atoms with Gasteiger partial charge in [-0.05, 0) is 259 Å². The molecule has 18 aromatic heterocycles. The third-order valence-electron chi connectivity index (χ3n) is 19.9. The van der Waals surface area contributed by atoms with Crippen LogP contribution in [0.1, 0.15) is 50.1 Å². The third-order valence-corrected chi connectivity index (χ3v) is 26.4. The van der Waals surface area contributed by atoms with Crippen molar-refractivity contribution in [1.29, 1.82) is 0 Å². The van der Waals surface area contributed by atoms with Crippen LogP contribution in [0.25, 0.3) is 0 Å². The number of nitrogens with one attached hydrogen (secondary N) is 14. The Labute approximate surface area is 849 Å². The van der Waals surface area contributed by atoms with Crippen molar-refractivity contribution in [1.82, 2.24) is 136 Å². The van der Waals surface area contributed by atoms with E-state index < -0.39 is 0 Å².